The van der Waals surface area contributed by atoms with E-state index in [2.05, 4.69) is 10.0 Å². The predicted octanol–water partition coefficient (Wildman–Crippen LogP) is -0.315. The zero-order valence-electron chi connectivity index (χ0n) is 10.5. The van der Waals surface area contributed by atoms with Crippen molar-refractivity contribution < 1.29 is 16.8 Å². The van der Waals surface area contributed by atoms with Crippen LogP contribution in [0.3, 0.4) is 0 Å². The summed E-state index contributed by atoms with van der Waals surface area (Å²) < 4.78 is 46.6. The van der Waals surface area contributed by atoms with Gasteiger partial charge in [-0.15, -0.1) is 0 Å². The molecule has 1 aromatic carbocycles. The third-order valence-corrected chi connectivity index (χ3v) is 3.92. The van der Waals surface area contributed by atoms with Gasteiger partial charge in [-0.3, -0.25) is 0 Å². The number of primary sulfonamides is 1. The predicted molar refractivity (Wildman–Crippen MR) is 73.8 cm³/mol. The summed E-state index contributed by atoms with van der Waals surface area (Å²) in [4.78, 5) is 0.0195. The molecule has 0 spiro atoms. The van der Waals surface area contributed by atoms with Crippen LogP contribution < -0.4 is 15.2 Å². The molecule has 0 heterocycles. The van der Waals surface area contributed by atoms with E-state index in [1.54, 1.807) is 18.2 Å². The summed E-state index contributed by atoms with van der Waals surface area (Å²) in [7, 11) is -6.97. The van der Waals surface area contributed by atoms with Gasteiger partial charge < -0.3 is 5.32 Å². The minimum absolute atomic E-state index is 0.0195. The van der Waals surface area contributed by atoms with E-state index < -0.39 is 20.0 Å². The average Bonchev–Trinajstić information content (AvgIpc) is 2.26. The molecule has 0 radical (unpaired) electrons. The smallest absolute Gasteiger partial charge is 0.240 e. The number of benzene rings is 1. The number of para-hydroxylation sites is 1. The van der Waals surface area contributed by atoms with Crippen molar-refractivity contribution in [3.05, 3.63) is 24.3 Å². The minimum atomic E-state index is -3.77. The monoisotopic (exact) mass is 307 g/mol. The first-order valence-electron chi connectivity index (χ1n) is 5.50. The lowest BCUT2D eigenvalue weighted by Gasteiger charge is -2.10. The summed E-state index contributed by atoms with van der Waals surface area (Å²) in [5.74, 6) is 0. The van der Waals surface area contributed by atoms with Crippen molar-refractivity contribution in [3.8, 4) is 0 Å². The zero-order chi connectivity index (χ0) is 14.5. The fourth-order valence-electron chi connectivity index (χ4n) is 1.43. The molecule has 0 aliphatic carbocycles. The summed E-state index contributed by atoms with van der Waals surface area (Å²) in [6.07, 6.45) is 1.60. The van der Waals surface area contributed by atoms with Crippen LogP contribution in [0.2, 0.25) is 0 Å². The lowest BCUT2D eigenvalue weighted by Crippen LogP contribution is -2.24. The van der Waals surface area contributed by atoms with Crippen LogP contribution in [0.1, 0.15) is 6.42 Å². The van der Waals surface area contributed by atoms with Crippen molar-refractivity contribution >= 4 is 25.7 Å². The van der Waals surface area contributed by atoms with E-state index in [-0.39, 0.29) is 11.4 Å². The highest BCUT2D eigenvalue weighted by molar-refractivity contribution is 7.89. The molecule has 0 amide bonds. The molecular weight excluding hydrogens is 290 g/mol. The molecule has 0 aromatic heterocycles. The van der Waals surface area contributed by atoms with Gasteiger partial charge in [0.25, 0.3) is 0 Å². The molecule has 4 N–H and O–H groups in total. The molecule has 0 atom stereocenters. The number of hydrogen-bond donors (Lipinski definition) is 3. The Hall–Kier alpha value is -1.16. The van der Waals surface area contributed by atoms with Crippen LogP contribution in [-0.4, -0.2) is 36.2 Å². The van der Waals surface area contributed by atoms with E-state index in [4.69, 9.17) is 5.14 Å². The normalized spacial score (nSPS) is 12.3. The van der Waals surface area contributed by atoms with Crippen molar-refractivity contribution in [3.63, 3.8) is 0 Å². The molecule has 1 aromatic rings. The maximum absolute atomic E-state index is 11.3. The van der Waals surface area contributed by atoms with Gasteiger partial charge in [0.05, 0.1) is 11.9 Å². The van der Waals surface area contributed by atoms with E-state index in [1.165, 1.54) is 6.07 Å². The summed E-state index contributed by atoms with van der Waals surface area (Å²) in [6.45, 7) is 0.707. The van der Waals surface area contributed by atoms with Gasteiger partial charge in [-0.25, -0.2) is 26.7 Å². The number of nitrogens with one attached hydrogen (secondary N) is 2. The van der Waals surface area contributed by atoms with E-state index >= 15 is 0 Å². The Kier molecular flexibility index (Phi) is 5.29. The second kappa shape index (κ2) is 6.33. The molecule has 0 unspecified atom stereocenters. The Bertz CT molecular complexity index is 626. The highest BCUT2D eigenvalue weighted by Gasteiger charge is 2.12. The molecule has 0 fully saturated rings. The summed E-state index contributed by atoms with van der Waals surface area (Å²) in [5, 5.41) is 8.00. The average molecular weight is 307 g/mol. The van der Waals surface area contributed by atoms with Crippen molar-refractivity contribution in [2.24, 2.45) is 5.14 Å². The summed E-state index contributed by atoms with van der Waals surface area (Å²) >= 11 is 0. The van der Waals surface area contributed by atoms with Gasteiger partial charge >= 0.3 is 0 Å². The SMILES string of the molecule is CS(=O)(=O)NCCCNc1ccccc1S(N)(=O)=O. The third-order valence-electron chi connectivity index (χ3n) is 2.23. The molecule has 19 heavy (non-hydrogen) atoms. The van der Waals surface area contributed by atoms with Gasteiger partial charge in [0.1, 0.15) is 4.90 Å². The topological polar surface area (TPSA) is 118 Å². The number of rotatable bonds is 7. The van der Waals surface area contributed by atoms with Crippen LogP contribution in [0.25, 0.3) is 0 Å². The molecule has 0 bridgehead atoms. The van der Waals surface area contributed by atoms with Crippen LogP contribution in [0.5, 0.6) is 0 Å². The lowest BCUT2D eigenvalue weighted by molar-refractivity contribution is 0.586. The first-order valence-corrected chi connectivity index (χ1v) is 8.94. The van der Waals surface area contributed by atoms with Gasteiger partial charge in [-0.1, -0.05) is 12.1 Å². The lowest BCUT2D eigenvalue weighted by atomic mass is 10.3. The van der Waals surface area contributed by atoms with Gasteiger partial charge in [0.2, 0.25) is 20.0 Å². The molecule has 0 aliphatic rings. The van der Waals surface area contributed by atoms with Crippen molar-refractivity contribution in [2.75, 3.05) is 24.7 Å². The molecule has 0 aliphatic heterocycles. The molecular formula is C10H17N3O4S2. The Morgan fingerprint density at radius 1 is 1.11 bits per heavy atom. The number of hydrogen-bond acceptors (Lipinski definition) is 5. The minimum Gasteiger partial charge on any atom is -0.384 e. The standard InChI is InChI=1S/C10H17N3O4S2/c1-18(14,15)13-8-4-7-12-9-5-2-3-6-10(9)19(11,16)17/h2-3,5-6,12-13H,4,7-8H2,1H3,(H2,11,16,17). The van der Waals surface area contributed by atoms with Crippen molar-refractivity contribution in [2.45, 2.75) is 11.3 Å². The first-order chi connectivity index (χ1) is 8.70. The number of sulfonamides is 2. The second-order valence-corrected chi connectivity index (χ2v) is 7.35. The van der Waals surface area contributed by atoms with Crippen LogP contribution >= 0.6 is 0 Å². The Morgan fingerprint density at radius 2 is 1.74 bits per heavy atom. The highest BCUT2D eigenvalue weighted by Crippen LogP contribution is 2.18. The van der Waals surface area contributed by atoms with E-state index in [0.29, 0.717) is 18.7 Å². The van der Waals surface area contributed by atoms with Crippen LogP contribution in [0.4, 0.5) is 5.69 Å². The van der Waals surface area contributed by atoms with Crippen LogP contribution in [-0.2, 0) is 20.0 Å². The van der Waals surface area contributed by atoms with E-state index in [9.17, 15) is 16.8 Å². The van der Waals surface area contributed by atoms with Gasteiger partial charge in [0, 0.05) is 13.1 Å². The Labute approximate surface area is 113 Å². The van der Waals surface area contributed by atoms with E-state index in [0.717, 1.165) is 6.26 Å². The molecule has 1 rings (SSSR count). The van der Waals surface area contributed by atoms with Crippen LogP contribution in [0.15, 0.2) is 29.2 Å². The molecule has 7 nitrogen and oxygen atoms in total. The molecule has 0 saturated heterocycles. The maximum atomic E-state index is 11.3. The van der Waals surface area contributed by atoms with Gasteiger partial charge in [-0.05, 0) is 18.6 Å². The van der Waals surface area contributed by atoms with Gasteiger partial charge in [0.15, 0.2) is 0 Å². The number of anilines is 1. The van der Waals surface area contributed by atoms with E-state index in [1.807, 2.05) is 0 Å². The zero-order valence-corrected chi connectivity index (χ0v) is 12.1. The van der Waals surface area contributed by atoms with Crippen molar-refractivity contribution in [1.29, 1.82) is 0 Å². The summed E-state index contributed by atoms with van der Waals surface area (Å²) in [6, 6.07) is 6.28. The quantitative estimate of drug-likeness (QED) is 0.597. The highest BCUT2D eigenvalue weighted by atomic mass is 32.2. The number of nitrogens with two attached hydrogens (primary N) is 1. The first kappa shape index (κ1) is 15.9. The molecule has 0 saturated carbocycles. The molecule has 108 valence electrons. The van der Waals surface area contributed by atoms with Gasteiger partial charge in [-0.2, -0.15) is 0 Å². The van der Waals surface area contributed by atoms with Crippen LogP contribution in [0, 0.1) is 0 Å². The van der Waals surface area contributed by atoms with Crippen molar-refractivity contribution in [1.82, 2.24) is 4.72 Å². The fourth-order valence-corrected chi connectivity index (χ4v) is 2.66. The fraction of sp³-hybridized carbons (Fsp3) is 0.400. The maximum Gasteiger partial charge on any atom is 0.240 e. The Balaban J connectivity index is 2.55. The largest absolute Gasteiger partial charge is 0.384 e. The third kappa shape index (κ3) is 6.01. The molecule has 9 heteroatoms. The second-order valence-electron chi connectivity index (χ2n) is 3.99. The summed E-state index contributed by atoms with van der Waals surface area (Å²) in [5.41, 5.74) is 0.407. The Morgan fingerprint density at radius 3 is 2.32 bits per heavy atom.